The summed E-state index contributed by atoms with van der Waals surface area (Å²) in [6, 6.07) is 0. The number of aliphatic imine (C=N–C) groups is 1. The minimum Gasteiger partial charge on any atom is -0.357 e. The van der Waals surface area contributed by atoms with Gasteiger partial charge in [0.1, 0.15) is 5.01 Å². The van der Waals surface area contributed by atoms with E-state index in [-0.39, 0.29) is 11.3 Å². The largest absolute Gasteiger partial charge is 0.357 e. The summed E-state index contributed by atoms with van der Waals surface area (Å²) in [5, 5.41) is 6.52. The molecule has 1 aliphatic rings. The van der Waals surface area contributed by atoms with Crippen LogP contribution in [0.2, 0.25) is 0 Å². The molecule has 1 aromatic heterocycles. The van der Waals surface area contributed by atoms with Crippen LogP contribution in [-0.2, 0) is 16.8 Å². The lowest BCUT2D eigenvalue weighted by Crippen LogP contribution is -2.53. The Morgan fingerprint density at radius 2 is 1.92 bits per heavy atom. The number of nitrogens with zero attached hydrogens (tertiary/aromatic N) is 4. The summed E-state index contributed by atoms with van der Waals surface area (Å²) in [5.74, 6) is 1.06. The zero-order valence-corrected chi connectivity index (χ0v) is 16.2. The van der Waals surface area contributed by atoms with E-state index >= 15 is 0 Å². The fourth-order valence-corrected chi connectivity index (χ4v) is 3.47. The van der Waals surface area contributed by atoms with Gasteiger partial charge in [-0.15, -0.1) is 11.3 Å². The maximum atomic E-state index is 11.4. The Hall–Kier alpha value is -1.63. The van der Waals surface area contributed by atoms with Crippen LogP contribution in [0.5, 0.6) is 0 Å². The molecule has 0 saturated carbocycles. The molecule has 0 aromatic carbocycles. The van der Waals surface area contributed by atoms with Gasteiger partial charge in [-0.2, -0.15) is 0 Å². The lowest BCUT2D eigenvalue weighted by Gasteiger charge is -2.36. The predicted octanol–water partition coefficient (Wildman–Crippen LogP) is 2.07. The van der Waals surface area contributed by atoms with E-state index in [0.717, 1.165) is 49.4 Å². The molecule has 0 atom stereocenters. The first-order chi connectivity index (χ1) is 11.3. The second kappa shape index (κ2) is 7.96. The molecular weight excluding hydrogens is 322 g/mol. The van der Waals surface area contributed by atoms with Gasteiger partial charge in [-0.05, 0) is 6.92 Å². The molecule has 1 aliphatic heterocycles. The fraction of sp³-hybridized carbons (Fsp3) is 0.706. The van der Waals surface area contributed by atoms with E-state index in [2.05, 4.69) is 43.3 Å². The summed E-state index contributed by atoms with van der Waals surface area (Å²) < 4.78 is 0. The second-order valence-electron chi connectivity index (χ2n) is 7.04. The van der Waals surface area contributed by atoms with Crippen molar-refractivity contribution in [2.24, 2.45) is 4.99 Å². The molecule has 0 aliphatic carbocycles. The third kappa shape index (κ3) is 4.93. The summed E-state index contributed by atoms with van der Waals surface area (Å²) in [4.78, 5) is 25.0. The molecular formula is C17H29N5OS. The monoisotopic (exact) mass is 351 g/mol. The van der Waals surface area contributed by atoms with Crippen LogP contribution in [0.25, 0.3) is 0 Å². The number of thiazole rings is 1. The highest BCUT2D eigenvalue weighted by molar-refractivity contribution is 7.09. The van der Waals surface area contributed by atoms with Crippen LogP contribution in [0.1, 0.15) is 45.3 Å². The number of rotatable bonds is 3. The average Bonchev–Trinajstić information content (AvgIpc) is 3.01. The van der Waals surface area contributed by atoms with E-state index in [0.29, 0.717) is 6.54 Å². The standard InChI is InChI=1S/C17H29N5OS/c1-6-18-16(22-9-7-21(8-10-22)13(2)23)19-11-15-20-14(12-24-15)17(3,4)5/h12H,6-11H2,1-5H3,(H,18,19). The molecule has 1 saturated heterocycles. The predicted molar refractivity (Wildman–Crippen MR) is 99.5 cm³/mol. The second-order valence-corrected chi connectivity index (χ2v) is 7.98. The number of carbonyl (C=O) groups excluding carboxylic acids is 1. The van der Waals surface area contributed by atoms with Crippen molar-refractivity contribution in [3.63, 3.8) is 0 Å². The van der Waals surface area contributed by atoms with Gasteiger partial charge in [0.05, 0.1) is 12.2 Å². The third-order valence-corrected chi connectivity index (χ3v) is 4.88. The van der Waals surface area contributed by atoms with Gasteiger partial charge in [-0.1, -0.05) is 20.8 Å². The van der Waals surface area contributed by atoms with Crippen LogP contribution < -0.4 is 5.32 Å². The van der Waals surface area contributed by atoms with Crippen molar-refractivity contribution in [2.75, 3.05) is 32.7 Å². The molecule has 1 amide bonds. The number of piperazine rings is 1. The minimum absolute atomic E-state index is 0.0754. The smallest absolute Gasteiger partial charge is 0.219 e. The molecule has 134 valence electrons. The maximum absolute atomic E-state index is 11.4. The maximum Gasteiger partial charge on any atom is 0.219 e. The summed E-state index contributed by atoms with van der Waals surface area (Å²) in [5.41, 5.74) is 1.20. The van der Waals surface area contributed by atoms with Crippen molar-refractivity contribution >= 4 is 23.2 Å². The molecule has 2 rings (SSSR count). The third-order valence-electron chi connectivity index (χ3n) is 4.04. The number of hydrogen-bond donors (Lipinski definition) is 1. The first kappa shape index (κ1) is 18.7. The van der Waals surface area contributed by atoms with E-state index in [4.69, 9.17) is 9.98 Å². The summed E-state index contributed by atoms with van der Waals surface area (Å²) in [6.45, 7) is 14.8. The molecule has 0 bridgehead atoms. The molecule has 1 fully saturated rings. The average molecular weight is 352 g/mol. The van der Waals surface area contributed by atoms with E-state index in [1.807, 2.05) is 4.90 Å². The molecule has 24 heavy (non-hydrogen) atoms. The highest BCUT2D eigenvalue weighted by Gasteiger charge is 2.21. The molecule has 1 aromatic rings. The minimum atomic E-state index is 0.0754. The van der Waals surface area contributed by atoms with Gasteiger partial charge in [0, 0.05) is 50.4 Å². The number of guanidine groups is 1. The molecule has 0 radical (unpaired) electrons. The van der Waals surface area contributed by atoms with Crippen LogP contribution in [0.4, 0.5) is 0 Å². The SMILES string of the molecule is CCNC(=NCc1nc(C(C)(C)C)cs1)N1CCN(C(C)=O)CC1. The number of carbonyl (C=O) groups is 1. The van der Waals surface area contributed by atoms with E-state index in [1.165, 1.54) is 0 Å². The van der Waals surface area contributed by atoms with Gasteiger partial charge in [-0.25, -0.2) is 9.98 Å². The number of aromatic nitrogens is 1. The van der Waals surface area contributed by atoms with E-state index < -0.39 is 0 Å². The van der Waals surface area contributed by atoms with Crippen molar-refractivity contribution in [1.82, 2.24) is 20.1 Å². The summed E-state index contributed by atoms with van der Waals surface area (Å²) >= 11 is 1.67. The first-order valence-corrected chi connectivity index (χ1v) is 9.43. The van der Waals surface area contributed by atoms with Crippen LogP contribution >= 0.6 is 11.3 Å². The lowest BCUT2D eigenvalue weighted by molar-refractivity contribution is -0.130. The normalized spacial score (nSPS) is 16.5. The van der Waals surface area contributed by atoms with Crippen molar-refractivity contribution < 1.29 is 4.79 Å². The summed E-state index contributed by atoms with van der Waals surface area (Å²) in [6.07, 6.45) is 0. The van der Waals surface area contributed by atoms with Gasteiger partial charge in [-0.3, -0.25) is 4.79 Å². The highest BCUT2D eigenvalue weighted by Crippen LogP contribution is 2.24. The van der Waals surface area contributed by atoms with Crippen LogP contribution in [-0.4, -0.2) is 59.4 Å². The quantitative estimate of drug-likeness (QED) is 0.669. The zero-order chi connectivity index (χ0) is 17.7. The fourth-order valence-electron chi connectivity index (χ4n) is 2.53. The Kier molecular flexibility index (Phi) is 6.21. The van der Waals surface area contributed by atoms with Gasteiger partial charge >= 0.3 is 0 Å². The van der Waals surface area contributed by atoms with Crippen LogP contribution in [0.3, 0.4) is 0 Å². The molecule has 7 heteroatoms. The van der Waals surface area contributed by atoms with Crippen molar-refractivity contribution in [2.45, 2.75) is 46.6 Å². The first-order valence-electron chi connectivity index (χ1n) is 8.55. The van der Waals surface area contributed by atoms with Gasteiger partial charge in [0.25, 0.3) is 0 Å². The Labute approximate surface area is 149 Å². The highest BCUT2D eigenvalue weighted by atomic mass is 32.1. The number of hydrogen-bond acceptors (Lipinski definition) is 4. The van der Waals surface area contributed by atoms with E-state index in [9.17, 15) is 4.79 Å². The molecule has 0 unspecified atom stereocenters. The van der Waals surface area contributed by atoms with Crippen molar-refractivity contribution in [3.05, 3.63) is 16.1 Å². The Bertz CT molecular complexity index is 582. The Morgan fingerprint density at radius 3 is 2.42 bits per heavy atom. The molecule has 0 spiro atoms. The van der Waals surface area contributed by atoms with Crippen molar-refractivity contribution in [1.29, 1.82) is 0 Å². The number of amides is 1. The van der Waals surface area contributed by atoms with Gasteiger partial charge < -0.3 is 15.1 Å². The lowest BCUT2D eigenvalue weighted by atomic mass is 9.93. The van der Waals surface area contributed by atoms with Crippen LogP contribution in [0, 0.1) is 0 Å². The molecule has 2 heterocycles. The molecule has 6 nitrogen and oxygen atoms in total. The van der Waals surface area contributed by atoms with Crippen molar-refractivity contribution in [3.8, 4) is 0 Å². The Balaban J connectivity index is 2.01. The molecule has 1 N–H and O–H groups in total. The van der Waals surface area contributed by atoms with E-state index in [1.54, 1.807) is 18.3 Å². The number of nitrogens with one attached hydrogen (secondary N) is 1. The van der Waals surface area contributed by atoms with Gasteiger partial charge in [0.2, 0.25) is 5.91 Å². The topological polar surface area (TPSA) is 60.8 Å². The van der Waals surface area contributed by atoms with Gasteiger partial charge in [0.15, 0.2) is 5.96 Å². The Morgan fingerprint density at radius 1 is 1.29 bits per heavy atom. The van der Waals surface area contributed by atoms with Crippen LogP contribution in [0.15, 0.2) is 10.4 Å². The zero-order valence-electron chi connectivity index (χ0n) is 15.4. The summed E-state index contributed by atoms with van der Waals surface area (Å²) in [7, 11) is 0.